The number of methoxy groups -OCH3 is 1. The second-order valence-corrected chi connectivity index (χ2v) is 13.0. The average Bonchev–Trinajstić information content (AvgIpc) is 3.02. The lowest BCUT2D eigenvalue weighted by atomic mass is 10.0. The highest BCUT2D eigenvalue weighted by molar-refractivity contribution is 7.92. The fourth-order valence-corrected chi connectivity index (χ4v) is 6.73. The minimum absolute atomic E-state index is 0.0654. The zero-order valence-corrected chi connectivity index (χ0v) is 27.3. The molecule has 45 heavy (non-hydrogen) atoms. The number of ether oxygens (including phenoxy) is 1. The molecule has 0 spiro atoms. The van der Waals surface area contributed by atoms with Crippen LogP contribution in [0.3, 0.4) is 0 Å². The zero-order chi connectivity index (χ0) is 32.6. The van der Waals surface area contributed by atoms with Crippen LogP contribution in [0.25, 0.3) is 0 Å². The summed E-state index contributed by atoms with van der Waals surface area (Å²) in [6, 6.07) is 27.8. The van der Waals surface area contributed by atoms with Gasteiger partial charge in [-0.15, -0.1) is 0 Å². The van der Waals surface area contributed by atoms with Crippen molar-refractivity contribution in [3.8, 4) is 5.75 Å². The number of carbonyl (C=O) groups excluding carboxylic acids is 2. The Balaban J connectivity index is 1.83. The Labute approximate surface area is 266 Å². The van der Waals surface area contributed by atoms with Gasteiger partial charge in [-0.3, -0.25) is 13.9 Å². The highest BCUT2D eigenvalue weighted by Gasteiger charge is 2.35. The Kier molecular flexibility index (Phi) is 11.0. The van der Waals surface area contributed by atoms with E-state index in [2.05, 4.69) is 5.32 Å². The van der Waals surface area contributed by atoms with Crippen LogP contribution in [-0.2, 0) is 32.6 Å². The number of amides is 2. The van der Waals surface area contributed by atoms with Crippen LogP contribution in [0.2, 0.25) is 0 Å². The van der Waals surface area contributed by atoms with Gasteiger partial charge < -0.3 is 15.0 Å². The van der Waals surface area contributed by atoms with Gasteiger partial charge >= 0.3 is 0 Å². The number of anilines is 1. The van der Waals surface area contributed by atoms with E-state index in [1.54, 1.807) is 43.5 Å². The smallest absolute Gasteiger partial charge is 0.264 e. The molecule has 236 valence electrons. The van der Waals surface area contributed by atoms with Gasteiger partial charge in [0, 0.05) is 19.5 Å². The Morgan fingerprint density at radius 2 is 1.49 bits per heavy atom. The van der Waals surface area contributed by atoms with Crippen LogP contribution in [0.5, 0.6) is 5.75 Å². The molecule has 0 aliphatic carbocycles. The molecular formula is C36H41N3O5S. The molecule has 0 radical (unpaired) electrons. The molecule has 4 aromatic rings. The summed E-state index contributed by atoms with van der Waals surface area (Å²) in [7, 11) is -2.61. The lowest BCUT2D eigenvalue weighted by Crippen LogP contribution is -2.53. The van der Waals surface area contributed by atoms with E-state index < -0.39 is 28.5 Å². The van der Waals surface area contributed by atoms with Crippen molar-refractivity contribution < 1.29 is 22.7 Å². The third kappa shape index (κ3) is 8.30. The SMILES string of the molecule is CCNC(=O)C(Cc1ccccc1)N(Cc1cccc(OC)c1)C(=O)CN(c1ccc(C)cc1C)S(=O)(=O)c1ccc(C)cc1. The first kappa shape index (κ1) is 33.3. The van der Waals surface area contributed by atoms with Crippen molar-refractivity contribution in [1.82, 2.24) is 10.2 Å². The molecule has 1 unspecified atom stereocenters. The molecule has 9 heteroatoms. The van der Waals surface area contributed by atoms with Gasteiger partial charge in [0.25, 0.3) is 10.0 Å². The largest absolute Gasteiger partial charge is 0.497 e. The van der Waals surface area contributed by atoms with Crippen molar-refractivity contribution in [2.45, 2.75) is 51.6 Å². The van der Waals surface area contributed by atoms with Crippen molar-refractivity contribution in [2.24, 2.45) is 0 Å². The fraction of sp³-hybridized carbons (Fsp3) is 0.278. The molecule has 4 rings (SSSR count). The maximum Gasteiger partial charge on any atom is 0.264 e. The van der Waals surface area contributed by atoms with E-state index in [0.717, 1.165) is 26.6 Å². The molecule has 1 atom stereocenters. The lowest BCUT2D eigenvalue weighted by Gasteiger charge is -2.34. The number of sulfonamides is 1. The maximum absolute atomic E-state index is 14.5. The molecule has 0 saturated carbocycles. The van der Waals surface area contributed by atoms with Crippen LogP contribution < -0.4 is 14.4 Å². The van der Waals surface area contributed by atoms with Crippen LogP contribution in [-0.4, -0.2) is 51.4 Å². The number of nitrogens with one attached hydrogen (secondary N) is 1. The van der Waals surface area contributed by atoms with E-state index in [-0.39, 0.29) is 23.8 Å². The highest BCUT2D eigenvalue weighted by atomic mass is 32.2. The number of carbonyl (C=O) groups is 2. The van der Waals surface area contributed by atoms with Crippen molar-refractivity contribution >= 4 is 27.5 Å². The predicted octanol–water partition coefficient (Wildman–Crippen LogP) is 5.59. The first-order valence-electron chi connectivity index (χ1n) is 14.9. The van der Waals surface area contributed by atoms with E-state index in [4.69, 9.17) is 4.74 Å². The second kappa shape index (κ2) is 14.9. The summed E-state index contributed by atoms with van der Waals surface area (Å²) in [5, 5.41) is 2.88. The van der Waals surface area contributed by atoms with Gasteiger partial charge in [0.05, 0.1) is 17.7 Å². The molecular weight excluding hydrogens is 586 g/mol. The molecule has 0 aliphatic heterocycles. The summed E-state index contributed by atoms with van der Waals surface area (Å²) in [5.74, 6) is -0.228. The molecule has 0 saturated heterocycles. The topological polar surface area (TPSA) is 96.0 Å². The van der Waals surface area contributed by atoms with E-state index in [1.807, 2.05) is 88.4 Å². The summed E-state index contributed by atoms with van der Waals surface area (Å²) < 4.78 is 35.0. The van der Waals surface area contributed by atoms with E-state index >= 15 is 0 Å². The first-order chi connectivity index (χ1) is 21.5. The number of nitrogens with zero attached hydrogens (tertiary/aromatic N) is 2. The summed E-state index contributed by atoms with van der Waals surface area (Å²) in [4.78, 5) is 29.7. The minimum Gasteiger partial charge on any atom is -0.497 e. The quantitative estimate of drug-likeness (QED) is 0.209. The van der Waals surface area contributed by atoms with Crippen LogP contribution in [0.4, 0.5) is 5.69 Å². The Morgan fingerprint density at radius 1 is 0.822 bits per heavy atom. The van der Waals surface area contributed by atoms with Gasteiger partial charge in [-0.05, 0) is 74.7 Å². The normalized spacial score (nSPS) is 11.8. The van der Waals surface area contributed by atoms with Crippen molar-refractivity contribution in [3.63, 3.8) is 0 Å². The number of hydrogen-bond donors (Lipinski definition) is 1. The van der Waals surface area contributed by atoms with Crippen LogP contribution in [0, 0.1) is 20.8 Å². The third-order valence-electron chi connectivity index (χ3n) is 7.62. The fourth-order valence-electron chi connectivity index (χ4n) is 5.25. The van der Waals surface area contributed by atoms with Crippen LogP contribution >= 0.6 is 0 Å². The van der Waals surface area contributed by atoms with Gasteiger partial charge in [0.15, 0.2) is 0 Å². The number of likely N-dealkylation sites (N-methyl/N-ethyl adjacent to an activating group) is 1. The van der Waals surface area contributed by atoms with E-state index in [9.17, 15) is 18.0 Å². The van der Waals surface area contributed by atoms with Crippen molar-refractivity contribution in [2.75, 3.05) is 24.5 Å². The molecule has 0 aromatic heterocycles. The zero-order valence-electron chi connectivity index (χ0n) is 26.5. The van der Waals surface area contributed by atoms with Crippen molar-refractivity contribution in [3.05, 3.63) is 125 Å². The highest BCUT2D eigenvalue weighted by Crippen LogP contribution is 2.29. The van der Waals surface area contributed by atoms with Crippen molar-refractivity contribution in [1.29, 1.82) is 0 Å². The number of aryl methyl sites for hydroxylation is 3. The number of benzene rings is 4. The molecule has 8 nitrogen and oxygen atoms in total. The number of rotatable bonds is 13. The number of hydrogen-bond acceptors (Lipinski definition) is 5. The first-order valence-corrected chi connectivity index (χ1v) is 16.4. The van der Waals surface area contributed by atoms with Gasteiger partial charge in [-0.2, -0.15) is 0 Å². The van der Waals surface area contributed by atoms with Crippen LogP contribution in [0.15, 0.2) is 102 Å². The summed E-state index contributed by atoms with van der Waals surface area (Å²) in [6.45, 7) is 7.39. The third-order valence-corrected chi connectivity index (χ3v) is 9.39. The lowest BCUT2D eigenvalue weighted by molar-refractivity contribution is -0.140. The minimum atomic E-state index is -4.17. The van der Waals surface area contributed by atoms with Gasteiger partial charge in [0.2, 0.25) is 11.8 Å². The van der Waals surface area contributed by atoms with Crippen LogP contribution in [0.1, 0.15) is 34.7 Å². The van der Waals surface area contributed by atoms with Gasteiger partial charge in [-0.1, -0.05) is 77.9 Å². The average molecular weight is 628 g/mol. The second-order valence-electron chi connectivity index (χ2n) is 11.1. The molecule has 4 aromatic carbocycles. The maximum atomic E-state index is 14.5. The molecule has 2 amide bonds. The Hall–Kier alpha value is -4.63. The summed E-state index contributed by atoms with van der Waals surface area (Å²) >= 11 is 0. The summed E-state index contributed by atoms with van der Waals surface area (Å²) in [6.07, 6.45) is 0.247. The molecule has 0 fully saturated rings. The van der Waals surface area contributed by atoms with Gasteiger partial charge in [-0.25, -0.2) is 8.42 Å². The van der Waals surface area contributed by atoms with E-state index in [0.29, 0.717) is 23.5 Å². The summed E-state index contributed by atoms with van der Waals surface area (Å²) in [5.41, 5.74) is 4.60. The van der Waals surface area contributed by atoms with Gasteiger partial charge in [0.1, 0.15) is 18.3 Å². The Bertz CT molecular complexity index is 1720. The monoisotopic (exact) mass is 627 g/mol. The molecule has 0 heterocycles. The molecule has 1 N–H and O–H groups in total. The molecule has 0 bridgehead atoms. The standard InChI is InChI=1S/C36H41N3O5S/c1-6-37-36(41)34(23-29-11-8-7-9-12-29)38(24-30-13-10-14-31(22-30)44-5)35(40)25-39(33-20-17-27(3)21-28(33)4)45(42,43)32-18-15-26(2)16-19-32/h7-22,34H,6,23-25H2,1-5H3,(H,37,41). The molecule has 0 aliphatic rings. The predicted molar refractivity (Wildman–Crippen MR) is 178 cm³/mol. The van der Waals surface area contributed by atoms with E-state index in [1.165, 1.54) is 4.90 Å². The Morgan fingerprint density at radius 3 is 2.13 bits per heavy atom.